The highest BCUT2D eigenvalue weighted by Crippen LogP contribution is 2.34. The Kier molecular flexibility index (Phi) is 6.66. The number of fused-ring (bicyclic) bond motifs is 6. The number of allylic oxidation sites excluding steroid dienone is 4. The molecule has 35 heavy (non-hydrogen) atoms. The SMILES string of the molecule is C1=C/C2=C(\CC3CCCO3)n3cc[n+](c3)CCP(c3ccccc3)CCn3cc[n+](c3)CC(=C1)N2. The molecule has 1 fully saturated rings. The minimum Gasteiger partial charge on any atom is -0.378 e. The van der Waals surface area contributed by atoms with Gasteiger partial charge in [0, 0.05) is 25.4 Å². The Bertz CT molecular complexity index is 1250. The molecule has 2 unspecified atom stereocenters. The highest BCUT2D eigenvalue weighted by atomic mass is 31.1. The molecule has 3 aromatic rings. The number of nitrogens with zero attached hydrogens (tertiary/aromatic N) is 4. The molecule has 7 heteroatoms. The first kappa shape index (κ1) is 22.5. The number of hydrogen-bond acceptors (Lipinski definition) is 2. The third-order valence-corrected chi connectivity index (χ3v) is 9.60. The number of aromatic nitrogens is 4. The van der Waals surface area contributed by atoms with Gasteiger partial charge in [-0.15, -0.1) is 0 Å². The Morgan fingerprint density at radius 1 is 1.06 bits per heavy atom. The number of benzene rings is 1. The van der Waals surface area contributed by atoms with Gasteiger partial charge in [-0.25, -0.2) is 18.3 Å². The third-order valence-electron chi connectivity index (χ3n) is 7.09. The Labute approximate surface area is 208 Å². The van der Waals surface area contributed by atoms with E-state index >= 15 is 0 Å². The van der Waals surface area contributed by atoms with Crippen LogP contribution in [0.4, 0.5) is 0 Å². The predicted molar refractivity (Wildman–Crippen MR) is 139 cm³/mol. The molecule has 0 saturated carbocycles. The number of rotatable bonds is 3. The second-order valence-corrected chi connectivity index (χ2v) is 12.1. The summed E-state index contributed by atoms with van der Waals surface area (Å²) in [6.07, 6.45) is 25.8. The van der Waals surface area contributed by atoms with Crippen molar-refractivity contribution in [3.05, 3.63) is 97.4 Å². The molecule has 0 radical (unpaired) electrons. The van der Waals surface area contributed by atoms with Crippen LogP contribution in [-0.2, 0) is 24.4 Å². The quantitative estimate of drug-likeness (QED) is 0.456. The minimum atomic E-state index is -0.241. The fourth-order valence-electron chi connectivity index (χ4n) is 5.18. The van der Waals surface area contributed by atoms with Crippen molar-refractivity contribution in [3.63, 3.8) is 0 Å². The van der Waals surface area contributed by atoms with Crippen molar-refractivity contribution in [2.75, 3.05) is 18.9 Å². The van der Waals surface area contributed by atoms with Crippen molar-refractivity contribution in [1.29, 1.82) is 0 Å². The second kappa shape index (κ2) is 10.3. The molecule has 2 atom stereocenters. The second-order valence-electron chi connectivity index (χ2n) is 9.58. The monoisotopic (exact) mass is 487 g/mol. The van der Waals surface area contributed by atoms with E-state index in [9.17, 15) is 0 Å². The highest BCUT2D eigenvalue weighted by molar-refractivity contribution is 7.65. The fourth-order valence-corrected chi connectivity index (χ4v) is 7.46. The van der Waals surface area contributed by atoms with Crippen molar-refractivity contribution >= 4 is 18.9 Å². The average Bonchev–Trinajstić information content (AvgIpc) is 3.66. The maximum atomic E-state index is 6.04. The van der Waals surface area contributed by atoms with Gasteiger partial charge in [0.25, 0.3) is 0 Å². The van der Waals surface area contributed by atoms with Gasteiger partial charge in [0.2, 0.25) is 12.7 Å². The number of hydrogen-bond donors (Lipinski definition) is 1. The van der Waals surface area contributed by atoms with Gasteiger partial charge >= 0.3 is 0 Å². The van der Waals surface area contributed by atoms with Gasteiger partial charge in [-0.3, -0.25) is 0 Å². The maximum absolute atomic E-state index is 6.04. The van der Waals surface area contributed by atoms with Crippen LogP contribution in [-0.4, -0.2) is 34.2 Å². The molecule has 0 spiro atoms. The van der Waals surface area contributed by atoms with E-state index < -0.39 is 0 Å². The zero-order valence-electron chi connectivity index (χ0n) is 20.2. The first-order valence-electron chi connectivity index (χ1n) is 12.7. The molecule has 3 aliphatic heterocycles. The lowest BCUT2D eigenvalue weighted by Crippen LogP contribution is -2.37. The van der Waals surface area contributed by atoms with E-state index in [-0.39, 0.29) is 14.0 Å². The van der Waals surface area contributed by atoms with Crippen LogP contribution in [0.3, 0.4) is 0 Å². The summed E-state index contributed by atoms with van der Waals surface area (Å²) in [6, 6.07) is 11.1. The lowest BCUT2D eigenvalue weighted by atomic mass is 10.1. The standard InChI is InChI=1S/C28H34N5OP/c1-2-8-26(9-3-1)35-18-15-30-11-12-32(22-30)21-24-6-4-10-27(29-24)28(20-25-7-5-17-34-25)33-14-13-31(23-33)16-19-35/h1-4,6,8-14,22-23,25,29H,5,7,15-21H2/q+2/b28-27-. The lowest BCUT2D eigenvalue weighted by molar-refractivity contribution is -0.691. The van der Waals surface area contributed by atoms with Gasteiger partial charge < -0.3 is 10.1 Å². The van der Waals surface area contributed by atoms with E-state index in [1.54, 1.807) is 0 Å². The van der Waals surface area contributed by atoms with Crippen LogP contribution in [0.2, 0.25) is 0 Å². The number of imidazole rings is 2. The summed E-state index contributed by atoms with van der Waals surface area (Å²) in [4.78, 5) is 0. The number of nitrogens with one attached hydrogen (secondary N) is 1. The number of dihydropyridines is 1. The van der Waals surface area contributed by atoms with Crippen LogP contribution in [0.5, 0.6) is 0 Å². The molecule has 1 N–H and O–H groups in total. The summed E-state index contributed by atoms with van der Waals surface area (Å²) in [7, 11) is -0.241. The molecule has 1 aromatic carbocycles. The molecule has 3 aliphatic rings. The smallest absolute Gasteiger partial charge is 0.248 e. The van der Waals surface area contributed by atoms with Gasteiger partial charge in [0.15, 0.2) is 0 Å². The van der Waals surface area contributed by atoms with Crippen LogP contribution in [0.1, 0.15) is 19.3 Å². The molecule has 0 amide bonds. The summed E-state index contributed by atoms with van der Waals surface area (Å²) in [5.74, 6) is 0. The first-order chi connectivity index (χ1) is 17.3. The molecule has 2 aromatic heterocycles. The summed E-state index contributed by atoms with van der Waals surface area (Å²) in [5.41, 5.74) is 3.64. The first-order valence-corrected chi connectivity index (χ1v) is 14.4. The Morgan fingerprint density at radius 2 is 1.97 bits per heavy atom. The van der Waals surface area contributed by atoms with Crippen molar-refractivity contribution in [2.45, 2.75) is 45.0 Å². The van der Waals surface area contributed by atoms with Gasteiger partial charge in [-0.2, -0.15) is 0 Å². The predicted octanol–water partition coefficient (Wildman–Crippen LogP) is 3.17. The van der Waals surface area contributed by atoms with E-state index in [1.165, 1.54) is 34.7 Å². The molecule has 1 saturated heterocycles. The van der Waals surface area contributed by atoms with E-state index in [2.05, 4.69) is 110 Å². The molecular weight excluding hydrogens is 453 g/mol. The third kappa shape index (κ3) is 5.34. The van der Waals surface area contributed by atoms with Crippen LogP contribution in [0.25, 0.3) is 5.70 Å². The van der Waals surface area contributed by atoms with Gasteiger partial charge in [0.05, 0.1) is 30.6 Å². The van der Waals surface area contributed by atoms with Crippen LogP contribution in [0.15, 0.2) is 97.4 Å². The lowest BCUT2D eigenvalue weighted by Gasteiger charge is -2.18. The van der Waals surface area contributed by atoms with Crippen molar-refractivity contribution < 1.29 is 13.9 Å². The van der Waals surface area contributed by atoms with Crippen LogP contribution in [0, 0.1) is 0 Å². The van der Waals surface area contributed by atoms with E-state index in [0.717, 1.165) is 45.5 Å². The summed E-state index contributed by atoms with van der Waals surface area (Å²) < 4.78 is 15.3. The molecule has 180 valence electrons. The minimum absolute atomic E-state index is 0.241. The normalized spacial score (nSPS) is 24.7. The van der Waals surface area contributed by atoms with Gasteiger partial charge in [-0.1, -0.05) is 44.3 Å². The summed E-state index contributed by atoms with van der Waals surface area (Å²) >= 11 is 0. The number of ether oxygens (including phenoxy) is 1. The van der Waals surface area contributed by atoms with Crippen LogP contribution >= 0.6 is 7.92 Å². The van der Waals surface area contributed by atoms with Crippen molar-refractivity contribution in [3.8, 4) is 0 Å². The van der Waals surface area contributed by atoms with E-state index in [0.29, 0.717) is 0 Å². The topological polar surface area (TPSA) is 38.9 Å². The molecule has 6 bridgehead atoms. The summed E-state index contributed by atoms with van der Waals surface area (Å²) in [5, 5.41) is 5.23. The zero-order valence-corrected chi connectivity index (χ0v) is 21.1. The van der Waals surface area contributed by atoms with E-state index in [4.69, 9.17) is 4.74 Å². The highest BCUT2D eigenvalue weighted by Gasteiger charge is 2.25. The van der Waals surface area contributed by atoms with E-state index in [1.807, 2.05) is 0 Å². The molecule has 6 nitrogen and oxygen atoms in total. The Morgan fingerprint density at radius 3 is 2.86 bits per heavy atom. The summed E-state index contributed by atoms with van der Waals surface area (Å²) in [6.45, 7) is 3.77. The van der Waals surface area contributed by atoms with Crippen molar-refractivity contribution in [1.82, 2.24) is 14.5 Å². The molecule has 0 aliphatic carbocycles. The van der Waals surface area contributed by atoms with Gasteiger partial charge in [0.1, 0.15) is 37.0 Å². The number of aryl methyl sites for hydroxylation is 2. The molecule has 5 heterocycles. The van der Waals surface area contributed by atoms with Crippen LogP contribution < -0.4 is 19.8 Å². The van der Waals surface area contributed by atoms with Crippen molar-refractivity contribution in [2.24, 2.45) is 0 Å². The molecular formula is C28H34N5OP+2. The van der Waals surface area contributed by atoms with Gasteiger partial charge in [-0.05, 0) is 30.3 Å². The molecule has 6 rings (SSSR count). The maximum Gasteiger partial charge on any atom is 0.248 e. The zero-order chi connectivity index (χ0) is 23.5. The fraction of sp³-hybridized carbons (Fsp3) is 0.357. The Balaban J connectivity index is 1.35. The Hall–Kier alpha value is -2.95. The largest absolute Gasteiger partial charge is 0.378 e. The average molecular weight is 488 g/mol.